The highest BCUT2D eigenvalue weighted by Gasteiger charge is 2.59. The van der Waals surface area contributed by atoms with Crippen LogP contribution in [-0.4, -0.2) is 49.0 Å². The van der Waals surface area contributed by atoms with Gasteiger partial charge in [-0.2, -0.15) is 5.10 Å². The first-order valence-corrected chi connectivity index (χ1v) is 20.0. The number of carboxylic acids is 1. The van der Waals surface area contributed by atoms with Crippen molar-refractivity contribution in [3.8, 4) is 16.9 Å². The highest BCUT2D eigenvalue weighted by atomic mass is 32.2. The first-order valence-electron chi connectivity index (χ1n) is 19.2. The van der Waals surface area contributed by atoms with Gasteiger partial charge in [0.05, 0.1) is 16.8 Å². The summed E-state index contributed by atoms with van der Waals surface area (Å²) in [5.74, 6) is 5.20. The SMILES string of the molecule is C=C(NC(=O)c1ccc(O)c2c1CN(c1ccc(-c3cnn(CC4(C)CC5(C)CC(C)(CC)CC(ON)(C4)C5)c3C)c(C(=O)O)n1)CC2)SC(/C=C\C)=C\C. The van der Waals surface area contributed by atoms with Gasteiger partial charge in [-0.25, -0.2) is 15.7 Å². The quantitative estimate of drug-likeness (QED) is 0.104. The van der Waals surface area contributed by atoms with Crippen molar-refractivity contribution in [3.63, 3.8) is 0 Å². The number of amides is 1. The molecule has 55 heavy (non-hydrogen) atoms. The van der Waals surface area contributed by atoms with Crippen LogP contribution in [0.3, 0.4) is 0 Å². The number of nitrogens with one attached hydrogen (secondary N) is 1. The van der Waals surface area contributed by atoms with Crippen LogP contribution < -0.4 is 16.1 Å². The topological polar surface area (TPSA) is 156 Å². The number of aromatic hydroxyl groups is 1. The first kappa shape index (κ1) is 40.3. The zero-order valence-corrected chi connectivity index (χ0v) is 34.1. The Morgan fingerprint density at radius 2 is 1.78 bits per heavy atom. The Morgan fingerprint density at radius 3 is 2.45 bits per heavy atom. The van der Waals surface area contributed by atoms with Crippen LogP contribution in [0.15, 0.2) is 65.2 Å². The monoisotopic (exact) mass is 768 g/mol. The van der Waals surface area contributed by atoms with E-state index in [-0.39, 0.29) is 45.7 Å². The smallest absolute Gasteiger partial charge is 0.355 e. The molecule has 6 rings (SSSR count). The van der Waals surface area contributed by atoms with E-state index in [9.17, 15) is 19.8 Å². The second-order valence-electron chi connectivity index (χ2n) is 17.1. The molecule has 2 fully saturated rings. The van der Waals surface area contributed by atoms with Crippen molar-refractivity contribution in [2.75, 3.05) is 11.4 Å². The number of allylic oxidation sites excluding steroid dienone is 3. The lowest BCUT2D eigenvalue weighted by atomic mass is 9.47. The number of carboxylic acid groups (broad SMARTS) is 1. The van der Waals surface area contributed by atoms with Crippen molar-refractivity contribution < 1.29 is 24.6 Å². The standard InChI is InChI=1S/C43H56N6O5S/c1-9-12-29(10-2)55-28(5)46-38(51)32-13-15-35(50)30-17-18-48(20-34(30)32)36-16-14-31(37(47-36)39(52)53)33-19-45-49(27(33)4)26-42(8)22-41(7)21-40(6,11-3)23-43(24-41,25-42)54-44/h9-10,12-16,19,50H,5,11,17-18,20-26,44H2,1-4,6-8H3,(H,46,51)(H,52,53)/b12-9-,29-10-. The van der Waals surface area contributed by atoms with E-state index in [1.54, 1.807) is 24.4 Å². The Balaban J connectivity index is 1.24. The van der Waals surface area contributed by atoms with Gasteiger partial charge >= 0.3 is 5.97 Å². The Morgan fingerprint density at radius 1 is 1.05 bits per heavy atom. The van der Waals surface area contributed by atoms with Gasteiger partial charge in [-0.3, -0.25) is 14.3 Å². The van der Waals surface area contributed by atoms with Gasteiger partial charge in [-0.15, -0.1) is 0 Å². The number of nitrogens with zero attached hydrogens (tertiary/aromatic N) is 4. The van der Waals surface area contributed by atoms with Crippen molar-refractivity contribution >= 4 is 29.5 Å². The van der Waals surface area contributed by atoms with Crippen LogP contribution in [0, 0.1) is 23.2 Å². The Hall–Kier alpha value is -4.39. The molecule has 2 saturated carbocycles. The van der Waals surface area contributed by atoms with E-state index in [0.717, 1.165) is 49.1 Å². The van der Waals surface area contributed by atoms with Gasteiger partial charge in [-0.05, 0) is 105 Å². The van der Waals surface area contributed by atoms with E-state index in [0.29, 0.717) is 58.2 Å². The van der Waals surface area contributed by atoms with Crippen LogP contribution in [0.1, 0.15) is 118 Å². The van der Waals surface area contributed by atoms with E-state index in [1.807, 2.05) is 54.6 Å². The molecule has 2 bridgehead atoms. The number of anilines is 1. The Bertz CT molecular complexity index is 2070. The molecule has 11 nitrogen and oxygen atoms in total. The molecule has 4 atom stereocenters. The molecule has 1 aromatic carbocycles. The number of benzene rings is 1. The number of aromatic carboxylic acids is 1. The largest absolute Gasteiger partial charge is 0.508 e. The number of carbonyl (C=O) groups excluding carboxylic acids is 1. The molecule has 294 valence electrons. The second-order valence-corrected chi connectivity index (χ2v) is 18.2. The van der Waals surface area contributed by atoms with Crippen molar-refractivity contribution in [2.45, 2.75) is 112 Å². The Labute approximate surface area is 329 Å². The molecule has 0 spiro atoms. The molecule has 2 aromatic heterocycles. The number of carbonyl (C=O) groups is 2. The molecule has 2 aliphatic carbocycles. The van der Waals surface area contributed by atoms with E-state index in [1.165, 1.54) is 11.8 Å². The van der Waals surface area contributed by atoms with E-state index in [4.69, 9.17) is 15.8 Å². The zero-order valence-electron chi connectivity index (χ0n) is 33.3. The maximum atomic E-state index is 13.5. The molecule has 0 saturated heterocycles. The van der Waals surface area contributed by atoms with Crippen LogP contribution in [0.25, 0.3) is 11.1 Å². The summed E-state index contributed by atoms with van der Waals surface area (Å²) in [7, 11) is 0. The summed E-state index contributed by atoms with van der Waals surface area (Å²) in [6.07, 6.45) is 13.9. The molecule has 1 aliphatic heterocycles. The van der Waals surface area contributed by atoms with E-state index in [2.05, 4.69) is 44.6 Å². The van der Waals surface area contributed by atoms with Gasteiger partial charge in [-0.1, -0.05) is 70.7 Å². The summed E-state index contributed by atoms with van der Waals surface area (Å²) in [5.41, 5.74) is 3.52. The zero-order chi connectivity index (χ0) is 39.9. The third kappa shape index (κ3) is 8.13. The summed E-state index contributed by atoms with van der Waals surface area (Å²) in [4.78, 5) is 39.8. The van der Waals surface area contributed by atoms with Crippen molar-refractivity contribution in [2.24, 2.45) is 22.1 Å². The number of hydrogen-bond acceptors (Lipinski definition) is 9. The van der Waals surface area contributed by atoms with Gasteiger partial charge in [0.25, 0.3) is 5.91 Å². The maximum Gasteiger partial charge on any atom is 0.355 e. The molecule has 1 amide bonds. The number of fused-ring (bicyclic) bond motifs is 3. The summed E-state index contributed by atoms with van der Waals surface area (Å²) < 4.78 is 2.00. The predicted octanol–water partition coefficient (Wildman–Crippen LogP) is 8.67. The number of nitrogens with two attached hydrogens (primary N) is 1. The number of phenols is 1. The van der Waals surface area contributed by atoms with Gasteiger partial charge in [0.15, 0.2) is 5.69 Å². The fourth-order valence-corrected chi connectivity index (χ4v) is 11.1. The number of phenolic OH excluding ortho intramolecular Hbond substituents is 1. The lowest BCUT2D eigenvalue weighted by Gasteiger charge is -2.61. The molecule has 3 heterocycles. The number of aromatic nitrogens is 3. The van der Waals surface area contributed by atoms with Gasteiger partial charge in [0.2, 0.25) is 0 Å². The molecule has 3 aliphatic rings. The fraction of sp³-hybridized carbons (Fsp3) is 0.488. The van der Waals surface area contributed by atoms with Crippen molar-refractivity contribution in [1.29, 1.82) is 0 Å². The van der Waals surface area contributed by atoms with Crippen molar-refractivity contribution in [1.82, 2.24) is 20.1 Å². The summed E-state index contributed by atoms with van der Waals surface area (Å²) in [6, 6.07) is 6.77. The van der Waals surface area contributed by atoms with Crippen molar-refractivity contribution in [3.05, 3.63) is 93.3 Å². The number of pyridine rings is 1. The molecular formula is C43H56N6O5S. The van der Waals surface area contributed by atoms with E-state index >= 15 is 0 Å². The molecule has 3 aromatic rings. The van der Waals surface area contributed by atoms with Gasteiger partial charge in [0, 0.05) is 52.5 Å². The molecular weight excluding hydrogens is 713 g/mol. The second kappa shape index (κ2) is 15.3. The van der Waals surface area contributed by atoms with Crippen LogP contribution >= 0.6 is 11.8 Å². The van der Waals surface area contributed by atoms with E-state index < -0.39 is 5.97 Å². The molecule has 12 heteroatoms. The highest BCUT2D eigenvalue weighted by molar-refractivity contribution is 8.06. The average molecular weight is 769 g/mol. The average Bonchev–Trinajstić information content (AvgIpc) is 3.48. The minimum absolute atomic E-state index is 0.0747. The van der Waals surface area contributed by atoms with Gasteiger partial charge < -0.3 is 20.4 Å². The normalized spacial score (nSPS) is 26.5. The lowest BCUT2D eigenvalue weighted by Crippen LogP contribution is -2.58. The number of rotatable bonds is 12. The van der Waals surface area contributed by atoms with Crippen LogP contribution in [0.2, 0.25) is 0 Å². The summed E-state index contributed by atoms with van der Waals surface area (Å²) in [6.45, 7) is 20.5. The summed E-state index contributed by atoms with van der Waals surface area (Å²) in [5, 5.41) is 29.4. The maximum absolute atomic E-state index is 13.5. The molecule has 0 radical (unpaired) electrons. The third-order valence-electron chi connectivity index (χ3n) is 12.1. The summed E-state index contributed by atoms with van der Waals surface area (Å²) >= 11 is 1.36. The number of thioether (sulfide) groups is 1. The predicted molar refractivity (Wildman–Crippen MR) is 218 cm³/mol. The fourth-order valence-electron chi connectivity index (χ4n) is 10.4. The lowest BCUT2D eigenvalue weighted by molar-refractivity contribution is -0.199. The third-order valence-corrected chi connectivity index (χ3v) is 13.1. The minimum atomic E-state index is -1.14. The van der Waals surface area contributed by atoms with Crippen LogP contribution in [-0.2, 0) is 24.3 Å². The highest BCUT2D eigenvalue weighted by Crippen LogP contribution is 2.63. The first-order chi connectivity index (χ1) is 26.0. The van der Waals surface area contributed by atoms with Gasteiger partial charge in [0.1, 0.15) is 11.6 Å². The minimum Gasteiger partial charge on any atom is -0.508 e. The Kier molecular flexibility index (Phi) is 11.2. The van der Waals surface area contributed by atoms with Crippen LogP contribution in [0.5, 0.6) is 5.75 Å². The molecule has 4 unspecified atom stereocenters. The van der Waals surface area contributed by atoms with Crippen LogP contribution in [0.4, 0.5) is 5.82 Å². The molecule has 5 N–H and O–H groups in total. The number of hydrogen-bond donors (Lipinski definition) is 4.